The van der Waals surface area contributed by atoms with Gasteiger partial charge in [0.1, 0.15) is 11.4 Å². The first kappa shape index (κ1) is 18.8. The summed E-state index contributed by atoms with van der Waals surface area (Å²) in [6.45, 7) is 1.88. The number of fused-ring (bicyclic) bond motifs is 3. The fourth-order valence-corrected chi connectivity index (χ4v) is 5.38. The first-order valence-corrected chi connectivity index (χ1v) is 10.8. The van der Waals surface area contributed by atoms with E-state index < -0.39 is 11.6 Å². The molecule has 3 fully saturated rings. The van der Waals surface area contributed by atoms with Crippen LogP contribution in [0.15, 0.2) is 16.6 Å². The number of nitrogens with one attached hydrogen (secondary N) is 2. The van der Waals surface area contributed by atoms with Crippen molar-refractivity contribution in [2.24, 2.45) is 5.92 Å². The van der Waals surface area contributed by atoms with E-state index in [1.165, 1.54) is 0 Å². The molecule has 0 bridgehead atoms. The Labute approximate surface area is 176 Å². The van der Waals surface area contributed by atoms with E-state index >= 15 is 0 Å². The third-order valence-electron chi connectivity index (χ3n) is 6.70. The Morgan fingerprint density at radius 1 is 1.28 bits per heavy atom. The van der Waals surface area contributed by atoms with Crippen LogP contribution in [0.5, 0.6) is 0 Å². The minimum absolute atomic E-state index is 0.00180. The summed E-state index contributed by atoms with van der Waals surface area (Å²) < 4.78 is 14.3. The maximum atomic E-state index is 13.9. The zero-order valence-electron chi connectivity index (χ0n) is 15.8. The second-order valence-electron chi connectivity index (χ2n) is 8.44. The van der Waals surface area contributed by atoms with Gasteiger partial charge in [-0.25, -0.2) is 9.18 Å². The number of hydrogen-bond acceptors (Lipinski definition) is 4. The third-order valence-corrected chi connectivity index (χ3v) is 7.31. The zero-order chi connectivity index (χ0) is 20.3. The van der Waals surface area contributed by atoms with Crippen LogP contribution in [0.4, 0.5) is 14.9 Å². The van der Waals surface area contributed by atoms with Gasteiger partial charge in [0.25, 0.3) is 5.91 Å². The Bertz CT molecular complexity index is 921. The number of piperazine rings is 1. The number of halogens is 2. The van der Waals surface area contributed by atoms with Crippen molar-refractivity contribution >= 4 is 39.5 Å². The minimum atomic E-state index is -0.929. The van der Waals surface area contributed by atoms with Crippen molar-refractivity contribution in [3.63, 3.8) is 0 Å². The van der Waals surface area contributed by atoms with Crippen molar-refractivity contribution in [2.75, 3.05) is 24.5 Å². The molecule has 154 valence electrons. The number of amides is 4. The molecule has 0 aromatic heterocycles. The van der Waals surface area contributed by atoms with E-state index in [9.17, 15) is 18.8 Å². The van der Waals surface area contributed by atoms with E-state index in [2.05, 4.69) is 31.5 Å². The molecule has 3 heterocycles. The number of rotatable bonds is 4. The van der Waals surface area contributed by atoms with Gasteiger partial charge in [0, 0.05) is 31.7 Å². The number of carbonyl (C=O) groups excluding carboxylic acids is 3. The predicted molar refractivity (Wildman–Crippen MR) is 107 cm³/mol. The molecule has 0 spiro atoms. The molecule has 29 heavy (non-hydrogen) atoms. The molecule has 9 heteroatoms. The van der Waals surface area contributed by atoms with Crippen molar-refractivity contribution in [1.82, 2.24) is 15.5 Å². The van der Waals surface area contributed by atoms with E-state index in [0.29, 0.717) is 36.9 Å². The van der Waals surface area contributed by atoms with Gasteiger partial charge in [-0.15, -0.1) is 0 Å². The maximum Gasteiger partial charge on any atom is 0.322 e. The predicted octanol–water partition coefficient (Wildman–Crippen LogP) is 1.93. The Kier molecular flexibility index (Phi) is 4.34. The molecular weight excluding hydrogens is 443 g/mol. The van der Waals surface area contributed by atoms with E-state index in [0.717, 1.165) is 24.1 Å². The van der Waals surface area contributed by atoms with Crippen molar-refractivity contribution in [3.05, 3.63) is 28.0 Å². The Balaban J connectivity index is 1.24. The lowest BCUT2D eigenvalue weighted by Gasteiger charge is -2.39. The van der Waals surface area contributed by atoms with E-state index in [4.69, 9.17) is 0 Å². The van der Waals surface area contributed by atoms with E-state index in [-0.39, 0.29) is 36.0 Å². The van der Waals surface area contributed by atoms with Crippen LogP contribution in [0.3, 0.4) is 0 Å². The summed E-state index contributed by atoms with van der Waals surface area (Å²) in [4.78, 5) is 41.0. The highest BCUT2D eigenvalue weighted by Gasteiger charge is 2.55. The lowest BCUT2D eigenvalue weighted by Crippen LogP contribution is -2.54. The van der Waals surface area contributed by atoms with Crippen molar-refractivity contribution < 1.29 is 18.8 Å². The van der Waals surface area contributed by atoms with Crippen LogP contribution in [0.25, 0.3) is 0 Å². The second-order valence-corrected chi connectivity index (χ2v) is 9.29. The number of anilines is 1. The average molecular weight is 465 g/mol. The van der Waals surface area contributed by atoms with Gasteiger partial charge in [-0.3, -0.25) is 14.9 Å². The number of benzene rings is 1. The van der Waals surface area contributed by atoms with Gasteiger partial charge < -0.3 is 15.1 Å². The molecule has 3 aliphatic heterocycles. The number of hydrogen-bond donors (Lipinski definition) is 2. The molecule has 1 unspecified atom stereocenters. The van der Waals surface area contributed by atoms with Crippen molar-refractivity contribution in [3.8, 4) is 0 Å². The van der Waals surface area contributed by atoms with Gasteiger partial charge in [0.05, 0.1) is 10.5 Å². The molecule has 4 amide bonds. The summed E-state index contributed by atoms with van der Waals surface area (Å²) in [5, 5.41) is 5.11. The number of nitrogens with zero attached hydrogens (tertiary/aromatic N) is 2. The third kappa shape index (κ3) is 3.10. The Morgan fingerprint density at radius 3 is 2.76 bits per heavy atom. The maximum absolute atomic E-state index is 13.9. The van der Waals surface area contributed by atoms with Crippen LogP contribution >= 0.6 is 15.9 Å². The van der Waals surface area contributed by atoms with Crippen LogP contribution in [-0.2, 0) is 16.0 Å². The van der Waals surface area contributed by atoms with E-state index in [1.54, 1.807) is 6.07 Å². The normalized spacial score (nSPS) is 28.1. The summed E-state index contributed by atoms with van der Waals surface area (Å²) in [6, 6.07) is 3.07. The van der Waals surface area contributed by atoms with Gasteiger partial charge in [0.15, 0.2) is 0 Å². The lowest BCUT2D eigenvalue weighted by atomic mass is 9.87. The smallest absolute Gasteiger partial charge is 0.322 e. The molecule has 1 aromatic carbocycles. The second kappa shape index (κ2) is 6.68. The standard InChI is InChI=1S/C20H22BrFN4O3/c21-14-9-16-11(8-15(14)22)7-13-10-25(5-6-26(13)16)17(27)3-4-20(12-1-2-12)18(28)23-19(29)24-20/h8-9,12-13H,1-7,10H2,(H2,23,24,28,29)/t13?,20-/m0/s1. The van der Waals surface area contributed by atoms with Crippen LogP contribution in [0.2, 0.25) is 0 Å². The molecule has 2 atom stereocenters. The first-order chi connectivity index (χ1) is 13.9. The van der Waals surface area contributed by atoms with Crippen LogP contribution in [0.1, 0.15) is 31.2 Å². The summed E-state index contributed by atoms with van der Waals surface area (Å²) >= 11 is 3.26. The van der Waals surface area contributed by atoms with Gasteiger partial charge in [0.2, 0.25) is 5.91 Å². The number of urea groups is 1. The monoisotopic (exact) mass is 464 g/mol. The Hall–Kier alpha value is -2.16. The fraction of sp³-hybridized carbons (Fsp3) is 0.550. The quantitative estimate of drug-likeness (QED) is 0.667. The highest BCUT2D eigenvalue weighted by Crippen LogP contribution is 2.44. The van der Waals surface area contributed by atoms with Gasteiger partial charge in [-0.05, 0) is 65.2 Å². The summed E-state index contributed by atoms with van der Waals surface area (Å²) in [6.07, 6.45) is 3.06. The number of carbonyl (C=O) groups is 3. The van der Waals surface area contributed by atoms with Crippen molar-refractivity contribution in [2.45, 2.75) is 43.7 Å². The minimum Gasteiger partial charge on any atom is -0.364 e. The summed E-state index contributed by atoms with van der Waals surface area (Å²) in [5.41, 5.74) is 1.08. The molecule has 4 aliphatic rings. The SMILES string of the molecule is O=C1NC(=O)[C@](CCC(=O)N2CCN3c4cc(Br)c(F)cc4CC3C2)(C2CC2)N1. The molecule has 2 saturated heterocycles. The number of imide groups is 1. The molecule has 1 saturated carbocycles. The van der Waals surface area contributed by atoms with Crippen LogP contribution in [-0.4, -0.2) is 54.0 Å². The molecular formula is C20H22BrFN4O3. The van der Waals surface area contributed by atoms with Crippen molar-refractivity contribution in [1.29, 1.82) is 0 Å². The molecule has 5 rings (SSSR count). The highest BCUT2D eigenvalue weighted by atomic mass is 79.9. The fourth-order valence-electron chi connectivity index (χ4n) is 5.05. The van der Waals surface area contributed by atoms with Gasteiger partial charge >= 0.3 is 6.03 Å². The Morgan fingerprint density at radius 2 is 2.07 bits per heavy atom. The highest BCUT2D eigenvalue weighted by molar-refractivity contribution is 9.10. The molecule has 1 aliphatic carbocycles. The van der Waals surface area contributed by atoms with Crippen LogP contribution in [0, 0.1) is 11.7 Å². The largest absolute Gasteiger partial charge is 0.364 e. The molecule has 1 aromatic rings. The average Bonchev–Trinajstić information content (AvgIpc) is 3.42. The molecule has 2 N–H and O–H groups in total. The topological polar surface area (TPSA) is 81.8 Å². The lowest BCUT2D eigenvalue weighted by molar-refractivity contribution is -0.133. The van der Waals surface area contributed by atoms with Crippen LogP contribution < -0.4 is 15.5 Å². The summed E-state index contributed by atoms with van der Waals surface area (Å²) in [5.74, 6) is -0.446. The zero-order valence-corrected chi connectivity index (χ0v) is 17.4. The van der Waals surface area contributed by atoms with Gasteiger partial charge in [-0.2, -0.15) is 0 Å². The first-order valence-electron chi connectivity index (χ1n) is 10.0. The van der Waals surface area contributed by atoms with E-state index in [1.807, 2.05) is 11.0 Å². The molecule has 7 nitrogen and oxygen atoms in total. The molecule has 0 radical (unpaired) electrons. The van der Waals surface area contributed by atoms with Gasteiger partial charge in [-0.1, -0.05) is 0 Å². The summed E-state index contributed by atoms with van der Waals surface area (Å²) in [7, 11) is 0.